The van der Waals surface area contributed by atoms with Gasteiger partial charge >= 0.3 is 0 Å². The first-order valence-corrected chi connectivity index (χ1v) is 12.5. The largest absolute Gasteiger partial charge is 0.380 e. The van der Waals surface area contributed by atoms with Crippen LogP contribution in [-0.2, 0) is 12.1 Å². The Morgan fingerprint density at radius 1 is 0.794 bits per heavy atom. The molecule has 5 rings (SSSR count). The molecule has 1 N–H and O–H groups in total. The molecule has 0 unspecified atom stereocenters. The van der Waals surface area contributed by atoms with Gasteiger partial charge < -0.3 is 9.67 Å². The van der Waals surface area contributed by atoms with Crippen LogP contribution in [-0.4, -0.2) is 27.7 Å². The van der Waals surface area contributed by atoms with Gasteiger partial charge in [0.15, 0.2) is 0 Å². The Bertz CT molecular complexity index is 1190. The third-order valence-corrected chi connectivity index (χ3v) is 7.53. The van der Waals surface area contributed by atoms with Crippen molar-refractivity contribution in [3.63, 3.8) is 0 Å². The molecule has 174 valence electrons. The number of nitrogens with zero attached hydrogens (tertiary/aromatic N) is 2. The molecular formula is C29H28Cl2N2O. The first kappa shape index (κ1) is 23.2. The van der Waals surface area contributed by atoms with Crippen molar-refractivity contribution in [3.8, 4) is 5.69 Å². The molecule has 3 aromatic carbocycles. The van der Waals surface area contributed by atoms with Crippen LogP contribution in [0.5, 0.6) is 0 Å². The van der Waals surface area contributed by atoms with E-state index in [9.17, 15) is 5.11 Å². The molecule has 0 spiro atoms. The van der Waals surface area contributed by atoms with Crippen LogP contribution in [0.2, 0.25) is 10.0 Å². The number of benzene rings is 3. The van der Waals surface area contributed by atoms with Gasteiger partial charge in [0, 0.05) is 23.5 Å². The van der Waals surface area contributed by atoms with Gasteiger partial charge in [0.25, 0.3) is 0 Å². The maximum absolute atomic E-state index is 12.1. The summed E-state index contributed by atoms with van der Waals surface area (Å²) in [6.07, 6.45) is 3.88. The van der Waals surface area contributed by atoms with Crippen LogP contribution in [0.15, 0.2) is 97.2 Å². The molecule has 0 atom stereocenters. The summed E-state index contributed by atoms with van der Waals surface area (Å²) in [5.74, 6) is 0.144. The van der Waals surface area contributed by atoms with Gasteiger partial charge in [-0.05, 0) is 73.3 Å². The molecule has 0 bridgehead atoms. The lowest BCUT2D eigenvalue weighted by Crippen LogP contribution is -2.44. The number of rotatable bonds is 6. The van der Waals surface area contributed by atoms with Crippen molar-refractivity contribution in [1.82, 2.24) is 9.47 Å². The number of hydrogen-bond donors (Lipinski definition) is 1. The number of hydrogen-bond acceptors (Lipinski definition) is 2. The van der Waals surface area contributed by atoms with Crippen molar-refractivity contribution in [2.45, 2.75) is 25.0 Å². The summed E-state index contributed by atoms with van der Waals surface area (Å²) in [5.41, 5.74) is 3.05. The summed E-state index contributed by atoms with van der Waals surface area (Å²) in [5, 5.41) is 13.4. The monoisotopic (exact) mass is 490 g/mol. The Morgan fingerprint density at radius 3 is 2.00 bits per heavy atom. The van der Waals surface area contributed by atoms with Gasteiger partial charge in [0.2, 0.25) is 0 Å². The first-order chi connectivity index (χ1) is 16.6. The Balaban J connectivity index is 1.34. The van der Waals surface area contributed by atoms with Gasteiger partial charge in [-0.2, -0.15) is 0 Å². The number of aromatic nitrogens is 1. The third-order valence-electron chi connectivity index (χ3n) is 6.99. The molecular weight excluding hydrogens is 463 g/mol. The fraction of sp³-hybridized carbons (Fsp3) is 0.241. The number of piperidine rings is 1. The second-order valence-electron chi connectivity index (χ2n) is 9.01. The molecule has 0 amide bonds. The average molecular weight is 491 g/mol. The summed E-state index contributed by atoms with van der Waals surface area (Å²) >= 11 is 12.6. The van der Waals surface area contributed by atoms with Crippen LogP contribution >= 0.6 is 23.2 Å². The number of likely N-dealkylation sites (tertiary alicyclic amines) is 1. The van der Waals surface area contributed by atoms with Gasteiger partial charge in [-0.15, -0.1) is 0 Å². The van der Waals surface area contributed by atoms with E-state index in [0.717, 1.165) is 49.3 Å². The molecule has 1 fully saturated rings. The summed E-state index contributed by atoms with van der Waals surface area (Å²) in [4.78, 5) is 2.46. The highest BCUT2D eigenvalue weighted by Crippen LogP contribution is 2.42. The van der Waals surface area contributed by atoms with E-state index in [1.54, 1.807) is 6.07 Å². The highest BCUT2D eigenvalue weighted by molar-refractivity contribution is 6.35. The topological polar surface area (TPSA) is 28.4 Å². The van der Waals surface area contributed by atoms with Crippen molar-refractivity contribution >= 4 is 23.2 Å². The molecule has 0 radical (unpaired) electrons. The second kappa shape index (κ2) is 9.97. The van der Waals surface area contributed by atoms with Gasteiger partial charge in [-0.25, -0.2) is 0 Å². The molecule has 1 aliphatic heterocycles. The normalized spacial score (nSPS) is 15.5. The number of aliphatic hydroxyl groups is 1. The molecule has 1 aliphatic rings. The minimum Gasteiger partial charge on any atom is -0.380 e. The standard InChI is InChI=1S/C29H28Cl2N2O/c30-25-13-14-28(27(31)20-25)33-17-7-12-26(33)21-32-18-15-24(16-19-32)29(34,22-8-3-1-4-9-22)23-10-5-2-6-11-23/h1-14,17,20,24,34H,15-16,18-19,21H2. The molecule has 1 aromatic heterocycles. The molecule has 5 heteroatoms. The Kier molecular flexibility index (Phi) is 6.80. The van der Waals surface area contributed by atoms with E-state index in [4.69, 9.17) is 23.2 Å². The van der Waals surface area contributed by atoms with Crippen LogP contribution in [0.3, 0.4) is 0 Å². The molecule has 2 heterocycles. The van der Waals surface area contributed by atoms with E-state index in [0.29, 0.717) is 10.0 Å². The highest BCUT2D eigenvalue weighted by Gasteiger charge is 2.41. The zero-order valence-corrected chi connectivity index (χ0v) is 20.5. The van der Waals surface area contributed by atoms with Crippen LogP contribution in [0.25, 0.3) is 5.69 Å². The average Bonchev–Trinajstić information content (AvgIpc) is 3.33. The minimum absolute atomic E-state index is 0.144. The highest BCUT2D eigenvalue weighted by atomic mass is 35.5. The molecule has 4 aromatic rings. The van der Waals surface area contributed by atoms with Crippen molar-refractivity contribution < 1.29 is 5.11 Å². The third kappa shape index (κ3) is 4.54. The zero-order chi connectivity index (χ0) is 23.5. The zero-order valence-electron chi connectivity index (χ0n) is 18.9. The summed E-state index contributed by atoms with van der Waals surface area (Å²) in [6.45, 7) is 2.67. The summed E-state index contributed by atoms with van der Waals surface area (Å²) < 4.78 is 2.13. The van der Waals surface area contributed by atoms with Crippen molar-refractivity contribution in [2.75, 3.05) is 13.1 Å². The van der Waals surface area contributed by atoms with Crippen LogP contribution in [0, 0.1) is 5.92 Å². The summed E-state index contributed by atoms with van der Waals surface area (Å²) in [6, 6.07) is 30.0. The van der Waals surface area contributed by atoms with E-state index in [1.165, 1.54) is 5.69 Å². The predicted octanol–water partition coefficient (Wildman–Crippen LogP) is 6.93. The lowest BCUT2D eigenvalue weighted by Gasteiger charge is -2.42. The predicted molar refractivity (Wildman–Crippen MR) is 140 cm³/mol. The first-order valence-electron chi connectivity index (χ1n) is 11.7. The quantitative estimate of drug-likeness (QED) is 0.317. The molecule has 0 saturated carbocycles. The number of halogens is 2. The van der Waals surface area contributed by atoms with Crippen LogP contribution in [0.1, 0.15) is 29.7 Å². The minimum atomic E-state index is -0.994. The van der Waals surface area contributed by atoms with E-state index in [2.05, 4.69) is 21.6 Å². The fourth-order valence-corrected chi connectivity index (χ4v) is 5.72. The lowest BCUT2D eigenvalue weighted by molar-refractivity contribution is -0.0154. The summed E-state index contributed by atoms with van der Waals surface area (Å²) in [7, 11) is 0. The Hall–Kier alpha value is -2.56. The molecule has 0 aliphatic carbocycles. The van der Waals surface area contributed by atoms with Gasteiger partial charge in [0.05, 0.1) is 10.7 Å². The Labute approximate surface area is 211 Å². The van der Waals surface area contributed by atoms with Gasteiger partial charge in [0.1, 0.15) is 5.60 Å². The second-order valence-corrected chi connectivity index (χ2v) is 9.86. The Morgan fingerprint density at radius 2 is 1.41 bits per heavy atom. The molecule has 34 heavy (non-hydrogen) atoms. The van der Waals surface area contributed by atoms with E-state index < -0.39 is 5.60 Å². The SMILES string of the molecule is OC(c1ccccc1)(c1ccccc1)C1CCN(Cc2cccn2-c2ccc(Cl)cc2Cl)CC1. The van der Waals surface area contributed by atoms with Crippen molar-refractivity contribution in [1.29, 1.82) is 0 Å². The van der Waals surface area contributed by atoms with Crippen molar-refractivity contribution in [2.24, 2.45) is 5.92 Å². The maximum atomic E-state index is 12.1. The van der Waals surface area contributed by atoms with Crippen LogP contribution in [0.4, 0.5) is 0 Å². The fourth-order valence-electron chi connectivity index (χ4n) is 5.22. The van der Waals surface area contributed by atoms with Crippen LogP contribution < -0.4 is 0 Å². The van der Waals surface area contributed by atoms with Crippen molar-refractivity contribution in [3.05, 3.63) is 124 Å². The maximum Gasteiger partial charge on any atom is 0.117 e. The molecule has 1 saturated heterocycles. The smallest absolute Gasteiger partial charge is 0.117 e. The lowest BCUT2D eigenvalue weighted by atomic mass is 9.72. The molecule has 3 nitrogen and oxygen atoms in total. The van der Waals surface area contributed by atoms with E-state index >= 15 is 0 Å². The van der Waals surface area contributed by atoms with Gasteiger partial charge in [-0.3, -0.25) is 4.90 Å². The van der Waals surface area contributed by atoms with E-state index in [1.807, 2.05) is 79.0 Å². The van der Waals surface area contributed by atoms with Gasteiger partial charge in [-0.1, -0.05) is 83.9 Å². The van der Waals surface area contributed by atoms with E-state index in [-0.39, 0.29) is 5.92 Å².